The third-order valence-corrected chi connectivity index (χ3v) is 3.61. The van der Waals surface area contributed by atoms with E-state index in [1.54, 1.807) is 10.9 Å². The van der Waals surface area contributed by atoms with Crippen LogP contribution in [0.4, 0.5) is 0 Å². The number of sulfone groups is 1. The molecule has 1 heterocycles. The number of hydrogen-bond acceptors (Lipinski definition) is 4. The van der Waals surface area contributed by atoms with Crippen molar-refractivity contribution in [1.29, 1.82) is 0 Å². The molecule has 98 valence electrons. The number of rotatable bonds is 6. The minimum atomic E-state index is -3.08. The summed E-state index contributed by atoms with van der Waals surface area (Å²) in [6, 6.07) is -0.315. The van der Waals surface area contributed by atoms with Crippen molar-refractivity contribution in [3.63, 3.8) is 0 Å². The van der Waals surface area contributed by atoms with E-state index in [2.05, 4.69) is 10.4 Å². The molecule has 0 saturated carbocycles. The van der Waals surface area contributed by atoms with E-state index >= 15 is 0 Å². The van der Waals surface area contributed by atoms with Crippen molar-refractivity contribution in [2.45, 2.75) is 26.4 Å². The Bertz CT molecular complexity index is 470. The maximum Gasteiger partial charge on any atom is 0.149 e. The van der Waals surface area contributed by atoms with Gasteiger partial charge in [-0.05, 0) is 13.5 Å². The van der Waals surface area contributed by atoms with E-state index in [1.807, 2.05) is 13.8 Å². The van der Waals surface area contributed by atoms with Crippen LogP contribution in [0, 0.1) is 0 Å². The van der Waals surface area contributed by atoms with Crippen molar-refractivity contribution in [2.24, 2.45) is 0 Å². The predicted octanol–water partition coefficient (Wildman–Crippen LogP) is 1.25. The van der Waals surface area contributed by atoms with E-state index in [0.29, 0.717) is 18.1 Å². The van der Waals surface area contributed by atoms with Gasteiger partial charge in [0.25, 0.3) is 0 Å². The third-order valence-electron chi connectivity index (χ3n) is 2.38. The molecule has 0 spiro atoms. The normalized spacial score (nSPS) is 13.9. The van der Waals surface area contributed by atoms with E-state index in [-0.39, 0.29) is 11.8 Å². The van der Waals surface area contributed by atoms with Crippen molar-refractivity contribution in [1.82, 2.24) is 15.1 Å². The Labute approximate surface area is 107 Å². The van der Waals surface area contributed by atoms with Gasteiger partial charge in [0.15, 0.2) is 0 Å². The fourth-order valence-corrected chi connectivity index (χ4v) is 2.91. The minimum absolute atomic E-state index is 0.0201. The molecule has 1 N–H and O–H groups in total. The van der Waals surface area contributed by atoms with E-state index < -0.39 is 9.84 Å². The van der Waals surface area contributed by atoms with E-state index in [0.717, 1.165) is 5.69 Å². The molecule has 0 fully saturated rings. The van der Waals surface area contributed by atoms with Crippen LogP contribution in [0.25, 0.3) is 0 Å². The molecular weight excluding hydrogens is 262 g/mol. The van der Waals surface area contributed by atoms with Crippen LogP contribution in [0.2, 0.25) is 5.02 Å². The molecule has 0 aromatic carbocycles. The molecule has 0 aliphatic rings. The van der Waals surface area contributed by atoms with Gasteiger partial charge < -0.3 is 5.32 Å². The first kappa shape index (κ1) is 14.5. The summed E-state index contributed by atoms with van der Waals surface area (Å²) in [5.74, 6) is 0.0201. The highest BCUT2D eigenvalue weighted by Gasteiger charge is 2.22. The number of halogens is 1. The van der Waals surface area contributed by atoms with Crippen LogP contribution in [-0.4, -0.2) is 36.8 Å². The lowest BCUT2D eigenvalue weighted by Crippen LogP contribution is -2.30. The van der Waals surface area contributed by atoms with Gasteiger partial charge in [-0.15, -0.1) is 0 Å². The summed E-state index contributed by atoms with van der Waals surface area (Å²) in [6.07, 6.45) is 2.77. The first-order valence-electron chi connectivity index (χ1n) is 5.51. The summed E-state index contributed by atoms with van der Waals surface area (Å²) < 4.78 is 24.5. The number of aromatic nitrogens is 2. The fraction of sp³-hybridized carbons (Fsp3) is 0.700. The van der Waals surface area contributed by atoms with Crippen molar-refractivity contribution in [2.75, 3.05) is 18.6 Å². The van der Waals surface area contributed by atoms with Gasteiger partial charge in [-0.2, -0.15) is 5.10 Å². The van der Waals surface area contributed by atoms with Crippen LogP contribution in [0.3, 0.4) is 0 Å². The summed E-state index contributed by atoms with van der Waals surface area (Å²) in [4.78, 5) is 0. The zero-order valence-corrected chi connectivity index (χ0v) is 11.8. The average Bonchev–Trinajstić information content (AvgIpc) is 2.57. The molecule has 1 aromatic rings. The lowest BCUT2D eigenvalue weighted by atomic mass is 10.2. The van der Waals surface area contributed by atoms with Crippen LogP contribution in [-0.2, 0) is 16.4 Å². The number of nitrogens with one attached hydrogen (secondary N) is 1. The number of nitrogens with zero attached hydrogens (tertiary/aromatic N) is 2. The summed E-state index contributed by atoms with van der Waals surface area (Å²) in [5.41, 5.74) is 0.737. The molecule has 1 atom stereocenters. The highest BCUT2D eigenvalue weighted by Crippen LogP contribution is 2.23. The maximum atomic E-state index is 11.4. The van der Waals surface area contributed by atoms with Gasteiger partial charge in [-0.1, -0.05) is 18.5 Å². The summed E-state index contributed by atoms with van der Waals surface area (Å²) >= 11 is 6.06. The average molecular weight is 280 g/mol. The van der Waals surface area contributed by atoms with Crippen LogP contribution in [0.5, 0.6) is 0 Å². The zero-order chi connectivity index (χ0) is 13.1. The molecule has 1 unspecified atom stereocenters. The second kappa shape index (κ2) is 5.84. The van der Waals surface area contributed by atoms with E-state index in [1.165, 1.54) is 6.26 Å². The Kier molecular flexibility index (Phi) is 4.97. The predicted molar refractivity (Wildman–Crippen MR) is 69.0 cm³/mol. The van der Waals surface area contributed by atoms with Crippen LogP contribution >= 0.6 is 11.6 Å². The molecule has 0 aliphatic carbocycles. The quantitative estimate of drug-likeness (QED) is 0.851. The van der Waals surface area contributed by atoms with Crippen LogP contribution in [0.1, 0.15) is 25.6 Å². The molecule has 5 nitrogen and oxygen atoms in total. The molecule has 0 saturated heterocycles. The lowest BCUT2D eigenvalue weighted by molar-refractivity contribution is 0.514. The molecule has 1 aromatic heterocycles. The summed E-state index contributed by atoms with van der Waals surface area (Å²) in [7, 11) is -3.08. The second-order valence-electron chi connectivity index (χ2n) is 3.90. The standard InChI is InChI=1S/C10H18ClN3O2S/c1-4-12-9(7-17(3,15)16)10-8(11)6-13-14(10)5-2/h6,9,12H,4-5,7H2,1-3H3. The van der Waals surface area contributed by atoms with Crippen LogP contribution in [0.15, 0.2) is 6.20 Å². The monoisotopic (exact) mass is 279 g/mol. The van der Waals surface area contributed by atoms with Crippen LogP contribution < -0.4 is 5.32 Å². The van der Waals surface area contributed by atoms with Crippen molar-refractivity contribution < 1.29 is 8.42 Å². The molecule has 0 amide bonds. The minimum Gasteiger partial charge on any atom is -0.308 e. The van der Waals surface area contributed by atoms with Gasteiger partial charge in [0.2, 0.25) is 0 Å². The van der Waals surface area contributed by atoms with Gasteiger partial charge in [-0.25, -0.2) is 8.42 Å². The zero-order valence-electron chi connectivity index (χ0n) is 10.3. The molecule has 0 bridgehead atoms. The molecule has 0 radical (unpaired) electrons. The lowest BCUT2D eigenvalue weighted by Gasteiger charge is -2.18. The maximum absolute atomic E-state index is 11.4. The molecule has 7 heteroatoms. The summed E-state index contributed by atoms with van der Waals surface area (Å²) in [5, 5.41) is 7.75. The third kappa shape index (κ3) is 3.97. The molecular formula is C10H18ClN3O2S. The Morgan fingerprint density at radius 2 is 2.18 bits per heavy atom. The fourth-order valence-electron chi connectivity index (χ4n) is 1.75. The van der Waals surface area contributed by atoms with Crippen molar-refractivity contribution >= 4 is 21.4 Å². The first-order valence-corrected chi connectivity index (χ1v) is 7.95. The highest BCUT2D eigenvalue weighted by molar-refractivity contribution is 7.90. The van der Waals surface area contributed by atoms with Gasteiger partial charge >= 0.3 is 0 Å². The topological polar surface area (TPSA) is 64.0 Å². The molecule has 0 aliphatic heterocycles. The summed E-state index contributed by atoms with van der Waals surface area (Å²) in [6.45, 7) is 5.20. The Hall–Kier alpha value is -0.590. The van der Waals surface area contributed by atoms with Crippen molar-refractivity contribution in [3.8, 4) is 0 Å². The largest absolute Gasteiger partial charge is 0.308 e. The Morgan fingerprint density at radius 1 is 1.53 bits per heavy atom. The highest BCUT2D eigenvalue weighted by atomic mass is 35.5. The Morgan fingerprint density at radius 3 is 2.65 bits per heavy atom. The second-order valence-corrected chi connectivity index (χ2v) is 6.49. The van der Waals surface area contributed by atoms with Gasteiger partial charge in [-0.3, -0.25) is 4.68 Å². The Balaban J connectivity index is 3.08. The van der Waals surface area contributed by atoms with Crippen molar-refractivity contribution in [3.05, 3.63) is 16.9 Å². The number of hydrogen-bond donors (Lipinski definition) is 1. The molecule has 1 rings (SSSR count). The first-order chi connectivity index (χ1) is 7.89. The van der Waals surface area contributed by atoms with Gasteiger partial charge in [0.1, 0.15) is 9.84 Å². The number of aryl methyl sites for hydroxylation is 1. The van der Waals surface area contributed by atoms with E-state index in [4.69, 9.17) is 11.6 Å². The smallest absolute Gasteiger partial charge is 0.149 e. The molecule has 17 heavy (non-hydrogen) atoms. The van der Waals surface area contributed by atoms with E-state index in [9.17, 15) is 8.42 Å². The van der Waals surface area contributed by atoms with Gasteiger partial charge in [0.05, 0.1) is 28.7 Å². The SMILES string of the molecule is CCNC(CS(C)(=O)=O)c1c(Cl)cnn1CC. The van der Waals surface area contributed by atoms with Gasteiger partial charge in [0, 0.05) is 12.8 Å².